The van der Waals surface area contributed by atoms with E-state index in [2.05, 4.69) is 21.9 Å². The largest absolute Gasteiger partial charge is 0.494 e. The molecule has 10 heteroatoms. The fourth-order valence-corrected chi connectivity index (χ4v) is 5.90. The Bertz CT molecular complexity index is 1790. The van der Waals surface area contributed by atoms with E-state index in [1.165, 1.54) is 12.0 Å². The maximum absolute atomic E-state index is 14.0. The predicted octanol–water partition coefficient (Wildman–Crippen LogP) is 6.18. The van der Waals surface area contributed by atoms with Crippen molar-refractivity contribution in [2.45, 2.75) is 32.6 Å². The minimum absolute atomic E-state index is 0.0884. The number of carbonyl (C=O) groups is 2. The third-order valence-corrected chi connectivity index (χ3v) is 8.58. The number of aliphatic imine (C=N–C) groups is 1. The Morgan fingerprint density at radius 1 is 0.979 bits per heavy atom. The Morgan fingerprint density at radius 3 is 2.53 bits per heavy atom. The summed E-state index contributed by atoms with van der Waals surface area (Å²) in [6, 6.07) is 18.7. The standard InChI is InChI=1S/C37H41N5O5/c1-26-14-17-31(32(24-26)47-23-7-5-6-13-33(44)42-21-19-40(2)20-22-42)41(3)37(45)30-16-15-29(36(46-4)35(30)39-25-43)28-12-8-10-27-11-9-18-38-34(27)28/h8-12,14-18,24H,5-7,13,19-23H2,1-4H3. The van der Waals surface area contributed by atoms with Crippen LogP contribution in [0.5, 0.6) is 11.5 Å². The van der Waals surface area contributed by atoms with Crippen molar-refractivity contribution in [3.8, 4) is 22.6 Å². The van der Waals surface area contributed by atoms with Gasteiger partial charge in [0.05, 0.1) is 30.5 Å². The number of aryl methyl sites for hydroxylation is 1. The Morgan fingerprint density at radius 2 is 1.77 bits per heavy atom. The third-order valence-electron chi connectivity index (χ3n) is 8.58. The summed E-state index contributed by atoms with van der Waals surface area (Å²) in [4.78, 5) is 52.3. The van der Waals surface area contributed by atoms with Gasteiger partial charge in [-0.25, -0.2) is 4.79 Å². The number of ether oxygens (including phenoxy) is 2. The van der Waals surface area contributed by atoms with Crippen molar-refractivity contribution in [3.63, 3.8) is 0 Å². The normalized spacial score (nSPS) is 13.2. The van der Waals surface area contributed by atoms with E-state index < -0.39 is 5.91 Å². The lowest BCUT2D eigenvalue weighted by Crippen LogP contribution is -2.47. The number of likely N-dealkylation sites (N-methyl/N-ethyl adjacent to an activating group) is 1. The summed E-state index contributed by atoms with van der Waals surface area (Å²) in [5, 5.41) is 0.943. The Labute approximate surface area is 275 Å². The fraction of sp³-hybridized carbons (Fsp3) is 0.351. The second kappa shape index (κ2) is 15.5. The third kappa shape index (κ3) is 7.68. The van der Waals surface area contributed by atoms with Crippen molar-refractivity contribution in [3.05, 3.63) is 78.0 Å². The first-order chi connectivity index (χ1) is 22.8. The van der Waals surface area contributed by atoms with E-state index in [0.717, 1.165) is 67.5 Å². The highest BCUT2D eigenvalue weighted by Crippen LogP contribution is 2.43. The van der Waals surface area contributed by atoms with Crippen LogP contribution in [0, 0.1) is 6.92 Å². The maximum atomic E-state index is 14.0. The first-order valence-electron chi connectivity index (χ1n) is 15.9. The van der Waals surface area contributed by atoms with Gasteiger partial charge in [-0.05, 0) is 69.1 Å². The monoisotopic (exact) mass is 635 g/mol. The fourth-order valence-electron chi connectivity index (χ4n) is 5.90. The number of hydrogen-bond acceptors (Lipinski definition) is 8. The highest BCUT2D eigenvalue weighted by molar-refractivity contribution is 6.11. The molecule has 4 aromatic rings. The summed E-state index contributed by atoms with van der Waals surface area (Å²) in [7, 11) is 5.22. The summed E-state index contributed by atoms with van der Waals surface area (Å²) in [6.45, 7) is 5.84. The highest BCUT2D eigenvalue weighted by atomic mass is 16.5. The van der Waals surface area contributed by atoms with E-state index in [9.17, 15) is 14.4 Å². The number of amides is 2. The van der Waals surface area contributed by atoms with Crippen LogP contribution in [0.25, 0.3) is 22.0 Å². The number of para-hydroxylation sites is 1. The van der Waals surface area contributed by atoms with Gasteiger partial charge in [-0.15, -0.1) is 0 Å². The van der Waals surface area contributed by atoms with Crippen LogP contribution in [0.3, 0.4) is 0 Å². The lowest BCUT2D eigenvalue weighted by molar-refractivity contribution is -0.132. The topological polar surface area (TPSA) is 105 Å². The van der Waals surface area contributed by atoms with Gasteiger partial charge in [0.25, 0.3) is 5.91 Å². The summed E-state index contributed by atoms with van der Waals surface area (Å²) < 4.78 is 12.0. The predicted molar refractivity (Wildman–Crippen MR) is 183 cm³/mol. The molecule has 0 unspecified atom stereocenters. The number of benzene rings is 3. The molecule has 0 spiro atoms. The van der Waals surface area contributed by atoms with Gasteiger partial charge >= 0.3 is 0 Å². The zero-order chi connectivity index (χ0) is 33.3. The number of nitrogens with zero attached hydrogens (tertiary/aromatic N) is 5. The molecule has 47 heavy (non-hydrogen) atoms. The number of fused-ring (bicyclic) bond motifs is 1. The summed E-state index contributed by atoms with van der Waals surface area (Å²) in [5.74, 6) is 0.672. The number of carbonyl (C=O) groups excluding carboxylic acids is 3. The van der Waals surface area contributed by atoms with Crippen LogP contribution in [0.4, 0.5) is 11.4 Å². The van der Waals surface area contributed by atoms with Crippen molar-refractivity contribution in [2.75, 3.05) is 58.9 Å². The number of unbranched alkanes of at least 4 members (excludes halogenated alkanes) is 2. The van der Waals surface area contributed by atoms with E-state index in [1.807, 2.05) is 60.4 Å². The molecule has 0 atom stereocenters. The van der Waals surface area contributed by atoms with E-state index in [0.29, 0.717) is 30.0 Å². The first kappa shape index (κ1) is 33.3. The second-order valence-corrected chi connectivity index (χ2v) is 11.8. The van der Waals surface area contributed by atoms with Gasteiger partial charge in [0.1, 0.15) is 11.4 Å². The van der Waals surface area contributed by atoms with Crippen LogP contribution in [0.15, 0.2) is 71.9 Å². The summed E-state index contributed by atoms with van der Waals surface area (Å²) >= 11 is 0. The molecule has 2 amide bonds. The SMILES string of the molecule is COc1c(-c2cccc3cccnc23)ccc(C(=O)N(C)c2ccc(C)cc2OCCCCCC(=O)N2CCN(C)CC2)c1N=C=O. The van der Waals surface area contributed by atoms with Crippen LogP contribution >= 0.6 is 0 Å². The van der Waals surface area contributed by atoms with E-state index in [1.54, 1.807) is 31.5 Å². The maximum Gasteiger partial charge on any atom is 0.260 e. The number of anilines is 1. The molecular weight excluding hydrogens is 594 g/mol. The highest BCUT2D eigenvalue weighted by Gasteiger charge is 2.25. The average molecular weight is 636 g/mol. The van der Waals surface area contributed by atoms with E-state index >= 15 is 0 Å². The van der Waals surface area contributed by atoms with Crippen molar-refractivity contribution in [1.82, 2.24) is 14.8 Å². The molecule has 10 nitrogen and oxygen atoms in total. The number of piperazine rings is 1. The van der Waals surface area contributed by atoms with E-state index in [-0.39, 0.29) is 22.9 Å². The lowest BCUT2D eigenvalue weighted by Gasteiger charge is -2.32. The second-order valence-electron chi connectivity index (χ2n) is 11.8. The molecule has 5 rings (SSSR count). The minimum Gasteiger partial charge on any atom is -0.494 e. The molecule has 1 aromatic heterocycles. The number of aromatic nitrogens is 1. The number of rotatable bonds is 12. The van der Waals surface area contributed by atoms with Crippen LogP contribution in [0.2, 0.25) is 0 Å². The molecule has 1 aliphatic rings. The van der Waals surface area contributed by atoms with Crippen molar-refractivity contribution in [1.29, 1.82) is 0 Å². The van der Waals surface area contributed by atoms with Gasteiger partial charge < -0.3 is 24.2 Å². The Hall–Kier alpha value is -5.05. The molecule has 1 aliphatic heterocycles. The number of hydrogen-bond donors (Lipinski definition) is 0. The van der Waals surface area contributed by atoms with Crippen LogP contribution in [-0.4, -0.2) is 86.7 Å². The first-order valence-corrected chi connectivity index (χ1v) is 15.9. The van der Waals surface area contributed by atoms with Crippen molar-refractivity contribution in [2.24, 2.45) is 4.99 Å². The molecule has 0 N–H and O–H groups in total. The Kier molecular flexibility index (Phi) is 11.0. The van der Waals surface area contributed by atoms with Gasteiger partial charge in [0, 0.05) is 62.4 Å². The van der Waals surface area contributed by atoms with Gasteiger partial charge in [0.2, 0.25) is 12.0 Å². The Balaban J connectivity index is 1.30. The van der Waals surface area contributed by atoms with Crippen LogP contribution in [-0.2, 0) is 9.59 Å². The zero-order valence-corrected chi connectivity index (χ0v) is 27.5. The number of pyridine rings is 1. The molecule has 0 aliphatic carbocycles. The number of isocyanates is 1. The van der Waals surface area contributed by atoms with Crippen LogP contribution < -0.4 is 14.4 Å². The van der Waals surface area contributed by atoms with Gasteiger partial charge in [-0.1, -0.05) is 30.3 Å². The quantitative estimate of drug-likeness (QED) is 0.104. The van der Waals surface area contributed by atoms with E-state index in [4.69, 9.17) is 9.47 Å². The number of methoxy groups -OCH3 is 1. The zero-order valence-electron chi connectivity index (χ0n) is 27.5. The molecule has 0 saturated carbocycles. The van der Waals surface area contributed by atoms with Crippen LogP contribution in [0.1, 0.15) is 41.6 Å². The van der Waals surface area contributed by atoms with Gasteiger partial charge in [-0.3, -0.25) is 14.6 Å². The molecule has 3 aromatic carbocycles. The molecule has 2 heterocycles. The molecule has 1 saturated heterocycles. The van der Waals surface area contributed by atoms with Gasteiger partial charge in [0.15, 0.2) is 5.75 Å². The minimum atomic E-state index is -0.393. The molecule has 1 fully saturated rings. The molecule has 0 radical (unpaired) electrons. The summed E-state index contributed by atoms with van der Waals surface area (Å²) in [5.41, 5.74) is 4.03. The average Bonchev–Trinajstić information content (AvgIpc) is 3.09. The smallest absolute Gasteiger partial charge is 0.260 e. The van der Waals surface area contributed by atoms with Crippen molar-refractivity contribution >= 4 is 40.2 Å². The molecule has 0 bridgehead atoms. The summed E-state index contributed by atoms with van der Waals surface area (Å²) in [6.07, 6.45) is 6.30. The van der Waals surface area contributed by atoms with Gasteiger partial charge in [-0.2, -0.15) is 4.99 Å². The lowest BCUT2D eigenvalue weighted by atomic mass is 9.97. The molecule has 244 valence electrons. The van der Waals surface area contributed by atoms with Crippen molar-refractivity contribution < 1.29 is 23.9 Å². The molecular formula is C37H41N5O5.